The zero-order valence-corrected chi connectivity index (χ0v) is 16.1. The molecule has 0 radical (unpaired) electrons. The molecule has 0 N–H and O–H groups in total. The first kappa shape index (κ1) is 23.3. The summed E-state index contributed by atoms with van der Waals surface area (Å²) in [6, 6.07) is 12.5. The average molecular weight is 611 g/mol. The third-order valence-electron chi connectivity index (χ3n) is 0.607. The van der Waals surface area contributed by atoms with Gasteiger partial charge in [-0.05, 0) is 0 Å². The van der Waals surface area contributed by atoms with Crippen LogP contribution in [0.1, 0.15) is 13.8 Å². The molecule has 0 heterocycles. The first-order valence-electron chi connectivity index (χ1n) is 3.32. The fourth-order valence-corrected chi connectivity index (χ4v) is 0.342. The summed E-state index contributed by atoms with van der Waals surface area (Å²) in [6.45, 7) is 10.0. The van der Waals surface area contributed by atoms with Crippen molar-refractivity contribution >= 4 is 0 Å². The summed E-state index contributed by atoms with van der Waals surface area (Å²) in [5.74, 6) is 0. The smallest absolute Gasteiger partial charge is 0.346 e. The van der Waals surface area contributed by atoms with E-state index in [4.69, 9.17) is 0 Å². The minimum absolute atomic E-state index is 0. The molecular formula is C10H15U2-. The Hall–Kier alpha value is 1.32. The maximum absolute atomic E-state index is 3.25. The van der Waals surface area contributed by atoms with E-state index in [1.165, 1.54) is 0 Å². The van der Waals surface area contributed by atoms with Gasteiger partial charge in [-0.1, -0.05) is 0 Å². The fourth-order valence-electron chi connectivity index (χ4n) is 0.342. The van der Waals surface area contributed by atoms with Crippen molar-refractivity contribution in [2.24, 2.45) is 0 Å². The molecule has 12 heavy (non-hydrogen) atoms. The van der Waals surface area contributed by atoms with Gasteiger partial charge in [0.25, 0.3) is 0 Å². The summed E-state index contributed by atoms with van der Waals surface area (Å²) in [4.78, 5) is 0. The molecule has 0 aliphatic carbocycles. The summed E-state index contributed by atoms with van der Waals surface area (Å²) in [5, 5.41) is 0. The number of benzene rings is 1. The number of rotatable bonds is 0. The molecule has 0 fully saturated rings. The van der Waals surface area contributed by atoms with Crippen LogP contribution >= 0.6 is 0 Å². The largest absolute Gasteiger partial charge is 2.00 e. The predicted molar refractivity (Wildman–Crippen MR) is 47.3 cm³/mol. The van der Waals surface area contributed by atoms with Gasteiger partial charge in [0.05, 0.1) is 0 Å². The summed E-state index contributed by atoms with van der Waals surface area (Å²) in [5.41, 5.74) is 0. The van der Waals surface area contributed by atoms with Crippen LogP contribution in [0.5, 0.6) is 0 Å². The summed E-state index contributed by atoms with van der Waals surface area (Å²) >= 11 is 0. The van der Waals surface area contributed by atoms with Crippen LogP contribution in [0.4, 0.5) is 0 Å². The van der Waals surface area contributed by atoms with Crippen LogP contribution in [0.2, 0.25) is 0 Å². The van der Waals surface area contributed by atoms with E-state index < -0.39 is 0 Å². The average Bonchev–Trinajstić information content (AvgIpc) is 2.14. The van der Waals surface area contributed by atoms with Crippen molar-refractivity contribution in [2.45, 2.75) is 13.8 Å². The maximum atomic E-state index is 3.25. The van der Waals surface area contributed by atoms with Gasteiger partial charge >= 0.3 is 31.1 Å². The van der Waals surface area contributed by atoms with Crippen molar-refractivity contribution in [2.75, 3.05) is 0 Å². The van der Waals surface area contributed by atoms with E-state index in [0.29, 0.717) is 0 Å². The van der Waals surface area contributed by atoms with Gasteiger partial charge in [0, 0.05) is 31.1 Å². The molecule has 0 aliphatic rings. The first-order valence-corrected chi connectivity index (χ1v) is 3.32. The van der Waals surface area contributed by atoms with Crippen LogP contribution < -0.4 is 0 Å². The van der Waals surface area contributed by atoms with Crippen LogP contribution in [0, 0.1) is 82.1 Å². The van der Waals surface area contributed by atoms with Gasteiger partial charge in [0.1, 0.15) is 0 Å². The monoisotopic (exact) mass is 611 g/mol. The molecule has 64 valence electrons. The second-order valence-electron chi connectivity index (χ2n) is 1.08. The molecule has 0 aliphatic heterocycles. The third-order valence-corrected chi connectivity index (χ3v) is 0.607. The Labute approximate surface area is 125 Å². The van der Waals surface area contributed by atoms with E-state index >= 15 is 0 Å². The van der Waals surface area contributed by atoms with Gasteiger partial charge in [-0.15, -0.1) is 0 Å². The van der Waals surface area contributed by atoms with Crippen molar-refractivity contribution < 1.29 is 62.2 Å². The predicted octanol–water partition coefficient (Wildman–Crippen LogP) is 3.17. The standard InChI is InChI=1S/C6H5.2C2H5.2U/c1-2-4-6-5-3-1;2*1-2;;/h1-5H;2*1H2,2H3;;/q3*-1;;+2. The van der Waals surface area contributed by atoms with Crippen LogP contribution in [0.3, 0.4) is 0 Å². The van der Waals surface area contributed by atoms with Crippen molar-refractivity contribution in [1.82, 2.24) is 0 Å². The van der Waals surface area contributed by atoms with E-state index in [-0.39, 0.29) is 62.2 Å². The van der Waals surface area contributed by atoms with Crippen LogP contribution in [0.25, 0.3) is 0 Å². The molecule has 0 bridgehead atoms. The Balaban J connectivity index is -0.0000000480. The molecular weight excluding hydrogens is 596 g/mol. The second kappa shape index (κ2) is 29.5. The minimum atomic E-state index is 0. The zero-order valence-electron chi connectivity index (χ0n) is 7.80. The summed E-state index contributed by atoms with van der Waals surface area (Å²) in [6.07, 6.45) is 0. The van der Waals surface area contributed by atoms with Gasteiger partial charge in [-0.2, -0.15) is 50.2 Å². The summed E-state index contributed by atoms with van der Waals surface area (Å²) < 4.78 is 0. The van der Waals surface area contributed by atoms with Gasteiger partial charge < -0.3 is 13.8 Å². The van der Waals surface area contributed by atoms with Crippen LogP contribution in [-0.4, -0.2) is 0 Å². The minimum Gasteiger partial charge on any atom is -0.346 e. The maximum Gasteiger partial charge on any atom is 2.00 e. The van der Waals surface area contributed by atoms with Gasteiger partial charge in [0.2, 0.25) is 0 Å². The summed E-state index contributed by atoms with van der Waals surface area (Å²) in [7, 11) is 0. The normalized spacial score (nSPS) is 5.00. The molecule has 0 saturated carbocycles. The van der Waals surface area contributed by atoms with E-state index in [0.717, 1.165) is 0 Å². The molecule has 0 amide bonds. The van der Waals surface area contributed by atoms with E-state index in [2.05, 4.69) is 19.9 Å². The van der Waals surface area contributed by atoms with Crippen molar-refractivity contribution in [3.05, 3.63) is 50.2 Å². The Morgan fingerprint density at radius 3 is 1.25 bits per heavy atom. The van der Waals surface area contributed by atoms with E-state index in [1.807, 2.05) is 30.3 Å². The number of hydrogen-bond acceptors (Lipinski definition) is 0. The van der Waals surface area contributed by atoms with Crippen LogP contribution in [-0.2, 0) is 0 Å². The molecule has 0 atom stereocenters. The number of hydrogen-bond donors (Lipinski definition) is 0. The van der Waals surface area contributed by atoms with Crippen molar-refractivity contribution in [3.8, 4) is 0 Å². The first-order chi connectivity index (χ1) is 5.00. The molecule has 1 rings (SSSR count). The van der Waals surface area contributed by atoms with Gasteiger partial charge in [-0.3, -0.25) is 0 Å². The second-order valence-corrected chi connectivity index (χ2v) is 1.08. The Bertz CT molecular complexity index is 79.8. The quantitative estimate of drug-likeness (QED) is 0.396. The molecule has 0 nitrogen and oxygen atoms in total. The van der Waals surface area contributed by atoms with Crippen LogP contribution in [0.15, 0.2) is 30.3 Å². The van der Waals surface area contributed by atoms with Crippen molar-refractivity contribution in [3.63, 3.8) is 0 Å². The van der Waals surface area contributed by atoms with E-state index in [9.17, 15) is 0 Å². The molecule has 0 aromatic heterocycles. The van der Waals surface area contributed by atoms with Gasteiger partial charge in [-0.25, -0.2) is 0 Å². The SMILES string of the molecule is [CH2-]C.[CH2-]C.[U+2].[U].[c-]1ccccc1. The Kier molecular flexibility index (Phi) is 57.1. The van der Waals surface area contributed by atoms with E-state index in [1.54, 1.807) is 13.8 Å². The molecule has 2 heteroatoms. The topological polar surface area (TPSA) is 0 Å². The molecule has 0 saturated heterocycles. The molecule has 0 unspecified atom stereocenters. The Morgan fingerprint density at radius 1 is 0.833 bits per heavy atom. The third kappa shape index (κ3) is 22.5. The molecule has 0 spiro atoms. The molecule has 1 aromatic rings. The molecule has 1 aromatic carbocycles. The Morgan fingerprint density at radius 2 is 1.17 bits per heavy atom. The van der Waals surface area contributed by atoms with Gasteiger partial charge in [0.15, 0.2) is 0 Å². The fraction of sp³-hybridized carbons (Fsp3) is 0.200. The van der Waals surface area contributed by atoms with Crippen molar-refractivity contribution in [1.29, 1.82) is 0 Å². The zero-order chi connectivity index (χ0) is 8.24.